The van der Waals surface area contributed by atoms with Crippen molar-refractivity contribution in [3.63, 3.8) is 0 Å². The lowest BCUT2D eigenvalue weighted by molar-refractivity contribution is 0.342. The topological polar surface area (TPSA) is 61.3 Å². The molecule has 15 heavy (non-hydrogen) atoms. The molecule has 3 heteroatoms. The van der Waals surface area contributed by atoms with Crippen molar-refractivity contribution in [2.45, 2.75) is 31.7 Å². The van der Waals surface area contributed by atoms with Crippen molar-refractivity contribution in [2.75, 3.05) is 12.3 Å². The van der Waals surface area contributed by atoms with Crippen LogP contribution < -0.4 is 16.2 Å². The van der Waals surface area contributed by atoms with Crippen LogP contribution in [0.15, 0.2) is 18.2 Å². The Morgan fingerprint density at radius 2 is 2.13 bits per heavy atom. The maximum Gasteiger partial charge on any atom is 0.142 e. The molecule has 1 fully saturated rings. The van der Waals surface area contributed by atoms with Gasteiger partial charge in [0.05, 0.1) is 12.3 Å². The third kappa shape index (κ3) is 2.42. The minimum Gasteiger partial charge on any atom is -0.492 e. The highest BCUT2D eigenvalue weighted by atomic mass is 16.5. The second-order valence-corrected chi connectivity index (χ2v) is 4.34. The highest BCUT2D eigenvalue weighted by Gasteiger charge is 2.37. The molecule has 0 spiro atoms. The molecule has 0 aliphatic heterocycles. The third-order valence-electron chi connectivity index (χ3n) is 2.82. The average Bonchev–Trinajstić information content (AvgIpc) is 2.89. The Morgan fingerprint density at radius 3 is 2.67 bits per heavy atom. The van der Waals surface area contributed by atoms with E-state index in [-0.39, 0.29) is 5.54 Å². The summed E-state index contributed by atoms with van der Waals surface area (Å²) in [7, 11) is 0. The number of nitrogen functional groups attached to an aromatic ring is 1. The van der Waals surface area contributed by atoms with Gasteiger partial charge in [-0.1, -0.05) is 6.07 Å². The summed E-state index contributed by atoms with van der Waals surface area (Å²) in [5.74, 6) is 0.767. The van der Waals surface area contributed by atoms with Crippen molar-refractivity contribution in [1.82, 2.24) is 0 Å². The molecular weight excluding hydrogens is 188 g/mol. The smallest absolute Gasteiger partial charge is 0.142 e. The van der Waals surface area contributed by atoms with Crippen LogP contribution in [0.4, 0.5) is 5.69 Å². The monoisotopic (exact) mass is 206 g/mol. The summed E-state index contributed by atoms with van der Waals surface area (Å²) < 4.78 is 5.38. The van der Waals surface area contributed by atoms with Crippen LogP contribution in [0.2, 0.25) is 0 Å². The molecule has 0 unspecified atom stereocenters. The van der Waals surface area contributed by atoms with Crippen LogP contribution in [0, 0.1) is 0 Å². The first-order valence-electron chi connectivity index (χ1n) is 5.43. The number of hydrogen-bond acceptors (Lipinski definition) is 3. The normalized spacial score (nSPS) is 17.5. The van der Waals surface area contributed by atoms with E-state index in [1.165, 1.54) is 5.56 Å². The molecule has 0 radical (unpaired) electrons. The summed E-state index contributed by atoms with van der Waals surface area (Å²) in [4.78, 5) is 0. The Kier molecular flexibility index (Phi) is 2.57. The largest absolute Gasteiger partial charge is 0.492 e. The lowest BCUT2D eigenvalue weighted by Gasteiger charge is -2.11. The van der Waals surface area contributed by atoms with Crippen LogP contribution in [0.1, 0.15) is 25.3 Å². The molecule has 0 aromatic heterocycles. The van der Waals surface area contributed by atoms with Crippen LogP contribution in [0.5, 0.6) is 5.75 Å². The quantitative estimate of drug-likeness (QED) is 0.737. The molecule has 1 aromatic carbocycles. The second kappa shape index (κ2) is 3.74. The Balaban J connectivity index is 2.10. The van der Waals surface area contributed by atoms with Crippen molar-refractivity contribution < 1.29 is 4.74 Å². The standard InChI is InChI=1S/C12H18N2O/c1-2-15-11-4-3-9(7-10(11)13)8-12(14)5-6-12/h3-4,7H,2,5-6,8,13-14H2,1H3. The fourth-order valence-electron chi connectivity index (χ4n) is 1.74. The third-order valence-corrected chi connectivity index (χ3v) is 2.82. The molecule has 1 saturated carbocycles. The van der Waals surface area contributed by atoms with Gasteiger partial charge in [-0.05, 0) is 43.9 Å². The number of benzene rings is 1. The van der Waals surface area contributed by atoms with Gasteiger partial charge in [-0.2, -0.15) is 0 Å². The number of hydrogen-bond donors (Lipinski definition) is 2. The Hall–Kier alpha value is -1.22. The van der Waals surface area contributed by atoms with Gasteiger partial charge < -0.3 is 16.2 Å². The van der Waals surface area contributed by atoms with Crippen molar-refractivity contribution in [3.8, 4) is 5.75 Å². The van der Waals surface area contributed by atoms with Gasteiger partial charge in [0.2, 0.25) is 0 Å². The van der Waals surface area contributed by atoms with E-state index >= 15 is 0 Å². The molecule has 1 aliphatic rings. The minimum absolute atomic E-state index is 0.0412. The number of ether oxygens (including phenoxy) is 1. The number of rotatable bonds is 4. The molecule has 4 N–H and O–H groups in total. The van der Waals surface area contributed by atoms with Gasteiger partial charge in [-0.3, -0.25) is 0 Å². The molecule has 0 atom stereocenters. The molecule has 1 aliphatic carbocycles. The van der Waals surface area contributed by atoms with E-state index in [2.05, 4.69) is 0 Å². The molecular formula is C12H18N2O. The van der Waals surface area contributed by atoms with Crippen LogP contribution in [-0.4, -0.2) is 12.1 Å². The van der Waals surface area contributed by atoms with E-state index < -0.39 is 0 Å². The van der Waals surface area contributed by atoms with Crippen molar-refractivity contribution in [3.05, 3.63) is 23.8 Å². The van der Waals surface area contributed by atoms with Crippen LogP contribution in [0.25, 0.3) is 0 Å². The van der Waals surface area contributed by atoms with E-state index in [0.29, 0.717) is 12.3 Å². The Bertz CT molecular complexity index is 359. The van der Waals surface area contributed by atoms with Crippen LogP contribution >= 0.6 is 0 Å². The van der Waals surface area contributed by atoms with E-state index in [1.807, 2.05) is 25.1 Å². The summed E-state index contributed by atoms with van der Waals surface area (Å²) in [6.45, 7) is 2.59. The maximum atomic E-state index is 6.05. The SMILES string of the molecule is CCOc1ccc(CC2(N)CC2)cc1N. The van der Waals surface area contributed by atoms with Gasteiger partial charge >= 0.3 is 0 Å². The zero-order valence-corrected chi connectivity index (χ0v) is 9.12. The zero-order chi connectivity index (χ0) is 10.9. The van der Waals surface area contributed by atoms with E-state index in [9.17, 15) is 0 Å². The first-order valence-corrected chi connectivity index (χ1v) is 5.43. The zero-order valence-electron chi connectivity index (χ0n) is 9.12. The summed E-state index contributed by atoms with van der Waals surface area (Å²) in [5.41, 5.74) is 13.9. The Morgan fingerprint density at radius 1 is 1.40 bits per heavy atom. The van der Waals surface area contributed by atoms with Gasteiger partial charge in [-0.15, -0.1) is 0 Å². The maximum absolute atomic E-state index is 6.05. The lowest BCUT2D eigenvalue weighted by Crippen LogP contribution is -2.24. The van der Waals surface area contributed by atoms with Crippen molar-refractivity contribution in [2.24, 2.45) is 5.73 Å². The summed E-state index contributed by atoms with van der Waals surface area (Å²) in [6, 6.07) is 5.95. The van der Waals surface area contributed by atoms with Crippen molar-refractivity contribution >= 4 is 5.69 Å². The highest BCUT2D eigenvalue weighted by Crippen LogP contribution is 2.36. The molecule has 2 rings (SSSR count). The molecule has 3 nitrogen and oxygen atoms in total. The molecule has 0 amide bonds. The predicted molar refractivity (Wildman–Crippen MR) is 61.9 cm³/mol. The molecule has 0 bridgehead atoms. The Labute approximate surface area is 90.4 Å². The first-order chi connectivity index (χ1) is 7.13. The van der Waals surface area contributed by atoms with Crippen LogP contribution in [-0.2, 0) is 6.42 Å². The van der Waals surface area contributed by atoms with E-state index in [1.54, 1.807) is 0 Å². The number of anilines is 1. The molecule has 82 valence electrons. The van der Waals surface area contributed by atoms with Gasteiger partial charge in [0.15, 0.2) is 0 Å². The van der Waals surface area contributed by atoms with E-state index in [0.717, 1.165) is 25.0 Å². The minimum atomic E-state index is 0.0412. The fraction of sp³-hybridized carbons (Fsp3) is 0.500. The lowest BCUT2D eigenvalue weighted by atomic mass is 10.0. The predicted octanol–water partition coefficient (Wildman–Crippen LogP) is 1.70. The first kappa shape index (κ1) is 10.3. The highest BCUT2D eigenvalue weighted by molar-refractivity contribution is 5.54. The van der Waals surface area contributed by atoms with Gasteiger partial charge in [-0.25, -0.2) is 0 Å². The van der Waals surface area contributed by atoms with Gasteiger partial charge in [0.25, 0.3) is 0 Å². The fourth-order valence-corrected chi connectivity index (χ4v) is 1.74. The molecule has 0 heterocycles. The average molecular weight is 206 g/mol. The second-order valence-electron chi connectivity index (χ2n) is 4.34. The van der Waals surface area contributed by atoms with E-state index in [4.69, 9.17) is 16.2 Å². The number of nitrogens with two attached hydrogens (primary N) is 2. The summed E-state index contributed by atoms with van der Waals surface area (Å²) in [6.07, 6.45) is 3.17. The van der Waals surface area contributed by atoms with Gasteiger partial charge in [0.1, 0.15) is 5.75 Å². The molecule has 1 aromatic rings. The van der Waals surface area contributed by atoms with Crippen molar-refractivity contribution in [1.29, 1.82) is 0 Å². The molecule has 0 saturated heterocycles. The summed E-state index contributed by atoms with van der Waals surface area (Å²) >= 11 is 0. The summed E-state index contributed by atoms with van der Waals surface area (Å²) in [5, 5.41) is 0. The van der Waals surface area contributed by atoms with Gasteiger partial charge in [0, 0.05) is 5.54 Å². The van der Waals surface area contributed by atoms with Crippen LogP contribution in [0.3, 0.4) is 0 Å².